The summed E-state index contributed by atoms with van der Waals surface area (Å²) < 4.78 is 96.7. The highest BCUT2D eigenvalue weighted by molar-refractivity contribution is 8.77. The van der Waals surface area contributed by atoms with Crippen molar-refractivity contribution in [1.29, 1.82) is 0 Å². The molecule has 0 saturated heterocycles. The van der Waals surface area contributed by atoms with Crippen molar-refractivity contribution in [3.63, 3.8) is 0 Å². The Bertz CT molecular complexity index is 219. The number of hydrogen-bond acceptors (Lipinski definition) is 2. The summed E-state index contributed by atoms with van der Waals surface area (Å²) in [4.78, 5) is 0. The highest BCUT2D eigenvalue weighted by Crippen LogP contribution is 2.58. The molecule has 0 aromatic rings. The lowest BCUT2D eigenvalue weighted by Gasteiger charge is -2.24. The molecule has 98 valence electrons. The molecular weight excluding hydrogens is 335 g/mol. The number of alkyl halides is 10. The number of halogens is 10. The molecule has 0 heterocycles. The van der Waals surface area contributed by atoms with E-state index in [1.54, 1.807) is 0 Å². The summed E-state index contributed by atoms with van der Waals surface area (Å²) in [6, 6.07) is 0. The van der Waals surface area contributed by atoms with Crippen molar-refractivity contribution in [2.45, 2.75) is 21.3 Å². The van der Waals surface area contributed by atoms with E-state index in [9.17, 15) is 35.1 Å². The van der Waals surface area contributed by atoms with Gasteiger partial charge in [0.15, 0.2) is 0 Å². The van der Waals surface area contributed by atoms with Crippen molar-refractivity contribution in [2.75, 3.05) is 0 Å². The Balaban J connectivity index is 4.59. The fourth-order valence-electron chi connectivity index (χ4n) is 0.199. The van der Waals surface area contributed by atoms with Crippen LogP contribution in [0.2, 0.25) is 0 Å². The van der Waals surface area contributed by atoms with Gasteiger partial charge in [-0.05, 0) is 44.8 Å². The molecule has 0 N–H and O–H groups in total. The number of hydrogen-bond donors (Lipinski definition) is 0. The molecule has 16 heavy (non-hydrogen) atoms. The van der Waals surface area contributed by atoms with E-state index < -0.39 is 42.9 Å². The Morgan fingerprint density at radius 2 is 0.750 bits per heavy atom. The van der Waals surface area contributed by atoms with E-state index in [4.69, 9.17) is 0 Å². The van der Waals surface area contributed by atoms with E-state index >= 15 is 0 Å². The molecule has 12 heteroatoms. The zero-order valence-corrected chi connectivity index (χ0v) is 9.74. The standard InChI is InChI=1S/C4Cl2F8S2/c5-1(7,8)3(11,12)15-16-4(13,14)2(6,9)10. The molecule has 0 fully saturated rings. The minimum Gasteiger partial charge on any atom is -0.185 e. The van der Waals surface area contributed by atoms with Crippen molar-refractivity contribution in [2.24, 2.45) is 0 Å². The molecule has 0 bridgehead atoms. The third-order valence-corrected chi connectivity index (χ3v) is 4.13. The van der Waals surface area contributed by atoms with Gasteiger partial charge in [-0.3, -0.25) is 0 Å². The van der Waals surface area contributed by atoms with E-state index in [1.165, 1.54) is 0 Å². The molecule has 0 aliphatic carbocycles. The first-order chi connectivity index (χ1) is 6.71. The average molecular weight is 335 g/mol. The third-order valence-electron chi connectivity index (χ3n) is 0.911. The van der Waals surface area contributed by atoms with Gasteiger partial charge in [-0.15, -0.1) is 0 Å². The molecular formula is C4Cl2F8S2. The second-order valence-electron chi connectivity index (χ2n) is 2.20. The van der Waals surface area contributed by atoms with Gasteiger partial charge in [0, 0.05) is 0 Å². The van der Waals surface area contributed by atoms with Crippen molar-refractivity contribution < 1.29 is 35.1 Å². The van der Waals surface area contributed by atoms with Gasteiger partial charge < -0.3 is 0 Å². The lowest BCUT2D eigenvalue weighted by Crippen LogP contribution is -2.35. The van der Waals surface area contributed by atoms with Crippen molar-refractivity contribution >= 4 is 44.8 Å². The normalized spacial score (nSPS) is 15.4. The molecule has 0 amide bonds. The van der Waals surface area contributed by atoms with Crippen molar-refractivity contribution in [3.05, 3.63) is 0 Å². The smallest absolute Gasteiger partial charge is 0.185 e. The van der Waals surface area contributed by atoms with Gasteiger partial charge in [0.2, 0.25) is 0 Å². The Hall–Kier alpha value is 0.720. The second-order valence-corrected chi connectivity index (χ2v) is 5.50. The predicted octanol–water partition coefficient (Wildman–Crippen LogP) is 5.22. The Morgan fingerprint density at radius 1 is 0.562 bits per heavy atom. The Morgan fingerprint density at radius 3 is 0.875 bits per heavy atom. The minimum absolute atomic E-state index is 1.49. The largest absolute Gasteiger partial charge is 0.394 e. The summed E-state index contributed by atoms with van der Waals surface area (Å²) in [7, 11) is -2.99. The van der Waals surface area contributed by atoms with Crippen LogP contribution in [0.5, 0.6) is 0 Å². The van der Waals surface area contributed by atoms with Crippen LogP contribution < -0.4 is 0 Å². The summed E-state index contributed by atoms with van der Waals surface area (Å²) in [5.41, 5.74) is 0. The first kappa shape index (κ1) is 16.7. The highest BCUT2D eigenvalue weighted by atomic mass is 35.5. The van der Waals surface area contributed by atoms with Gasteiger partial charge in [-0.2, -0.15) is 35.1 Å². The van der Waals surface area contributed by atoms with Crippen LogP contribution in [0.15, 0.2) is 0 Å². The van der Waals surface area contributed by atoms with E-state index in [0.717, 1.165) is 0 Å². The van der Waals surface area contributed by atoms with Crippen LogP contribution in [-0.2, 0) is 0 Å². The Kier molecular flexibility index (Phi) is 4.99. The maximum absolute atomic E-state index is 12.3. The quantitative estimate of drug-likeness (QED) is 0.384. The summed E-state index contributed by atoms with van der Waals surface area (Å²) in [6.07, 6.45) is 0. The first-order valence-corrected chi connectivity index (χ1v) is 5.87. The molecule has 0 aliphatic rings. The van der Waals surface area contributed by atoms with Crippen LogP contribution in [-0.4, -0.2) is 21.3 Å². The molecule has 0 atom stereocenters. The number of rotatable bonds is 5. The second kappa shape index (κ2) is 4.77. The van der Waals surface area contributed by atoms with E-state index in [-0.39, 0.29) is 0 Å². The van der Waals surface area contributed by atoms with Gasteiger partial charge in [-0.1, -0.05) is 0 Å². The van der Waals surface area contributed by atoms with E-state index in [2.05, 4.69) is 23.2 Å². The maximum Gasteiger partial charge on any atom is 0.394 e. The molecule has 0 aromatic carbocycles. The Labute approximate surface area is 101 Å². The van der Waals surface area contributed by atoms with Gasteiger partial charge in [0.25, 0.3) is 0 Å². The third kappa shape index (κ3) is 4.19. The first-order valence-electron chi connectivity index (χ1n) is 2.96. The van der Waals surface area contributed by atoms with Crippen molar-refractivity contribution in [3.8, 4) is 0 Å². The van der Waals surface area contributed by atoms with Crippen LogP contribution in [0, 0.1) is 0 Å². The van der Waals surface area contributed by atoms with Gasteiger partial charge in [0.05, 0.1) is 0 Å². The van der Waals surface area contributed by atoms with Crippen LogP contribution in [0.1, 0.15) is 0 Å². The van der Waals surface area contributed by atoms with Gasteiger partial charge in [0.1, 0.15) is 0 Å². The average Bonchev–Trinajstić information content (AvgIpc) is 1.97. The fourth-order valence-corrected chi connectivity index (χ4v) is 2.36. The monoisotopic (exact) mass is 334 g/mol. The molecule has 0 radical (unpaired) electrons. The SMILES string of the molecule is FC(F)(Cl)C(F)(F)SSC(F)(F)C(F)(F)Cl. The molecule has 0 aromatic heterocycles. The van der Waals surface area contributed by atoms with Crippen LogP contribution in [0.4, 0.5) is 35.1 Å². The summed E-state index contributed by atoms with van der Waals surface area (Å²) >= 11 is 7.77. The molecule has 0 rings (SSSR count). The molecule has 0 nitrogen and oxygen atoms in total. The lowest BCUT2D eigenvalue weighted by molar-refractivity contribution is -0.0922. The molecule has 0 saturated carbocycles. The topological polar surface area (TPSA) is 0 Å². The molecule has 0 aliphatic heterocycles. The van der Waals surface area contributed by atoms with Gasteiger partial charge in [-0.25, -0.2) is 0 Å². The summed E-state index contributed by atoms with van der Waals surface area (Å²) in [5, 5.41) is -20.6. The fraction of sp³-hybridized carbons (Fsp3) is 1.00. The van der Waals surface area contributed by atoms with E-state index in [0.29, 0.717) is 0 Å². The van der Waals surface area contributed by atoms with Crippen LogP contribution >= 0.6 is 44.8 Å². The minimum atomic E-state index is -5.15. The summed E-state index contributed by atoms with van der Waals surface area (Å²) in [6.45, 7) is 0. The van der Waals surface area contributed by atoms with Crippen LogP contribution in [0.3, 0.4) is 0 Å². The lowest BCUT2D eigenvalue weighted by atomic mass is 10.7. The zero-order chi connectivity index (χ0) is 13.4. The zero-order valence-electron chi connectivity index (χ0n) is 6.60. The highest BCUT2D eigenvalue weighted by Gasteiger charge is 2.62. The van der Waals surface area contributed by atoms with Gasteiger partial charge >= 0.3 is 21.3 Å². The summed E-state index contributed by atoms with van der Waals surface area (Å²) in [5.74, 6) is 0. The van der Waals surface area contributed by atoms with Crippen LogP contribution in [0.25, 0.3) is 0 Å². The molecule has 0 unspecified atom stereocenters. The van der Waals surface area contributed by atoms with Crippen molar-refractivity contribution in [1.82, 2.24) is 0 Å². The predicted molar refractivity (Wildman–Crippen MR) is 46.7 cm³/mol. The maximum atomic E-state index is 12.3. The molecule has 0 spiro atoms. The van der Waals surface area contributed by atoms with E-state index in [1.807, 2.05) is 0 Å².